The molecule has 0 radical (unpaired) electrons. The average Bonchev–Trinajstić information content (AvgIpc) is 2.78. The molecule has 0 heterocycles. The molecule has 36 heavy (non-hydrogen) atoms. The molecule has 198 valence electrons. The maximum atomic E-state index is 13.4. The molecule has 7 nitrogen and oxygen atoms in total. The predicted octanol–water partition coefficient (Wildman–Crippen LogP) is 4.83. The molecule has 2 aromatic carbocycles. The van der Waals surface area contributed by atoms with E-state index in [1.165, 1.54) is 11.8 Å². The Kier molecular flexibility index (Phi) is 10.2. The molecule has 2 rings (SSSR count). The molecule has 0 fully saturated rings. The van der Waals surface area contributed by atoms with Gasteiger partial charge in [-0.2, -0.15) is 13.2 Å². The molecule has 0 aliphatic carbocycles. The first kappa shape index (κ1) is 29.9. The van der Waals surface area contributed by atoms with Crippen molar-refractivity contribution in [2.45, 2.75) is 39.0 Å². The zero-order valence-electron chi connectivity index (χ0n) is 19.8. The van der Waals surface area contributed by atoms with Gasteiger partial charge in [-0.05, 0) is 49.2 Å². The summed E-state index contributed by atoms with van der Waals surface area (Å²) in [5.74, 6) is -1.22. The van der Waals surface area contributed by atoms with E-state index in [4.69, 9.17) is 11.6 Å². The van der Waals surface area contributed by atoms with Crippen LogP contribution in [0.25, 0.3) is 0 Å². The topological polar surface area (TPSA) is 86.8 Å². The smallest absolute Gasteiger partial charge is 0.354 e. The van der Waals surface area contributed by atoms with Crippen LogP contribution in [0.15, 0.2) is 46.9 Å². The monoisotopic (exact) mass is 611 g/mol. The molecular weight excluding hydrogens is 587 g/mol. The van der Waals surface area contributed by atoms with Gasteiger partial charge >= 0.3 is 6.18 Å². The molecule has 1 atom stereocenters. The Morgan fingerprint density at radius 2 is 1.83 bits per heavy atom. The Balaban J connectivity index is 2.46. The number of nitrogens with one attached hydrogen (secondary N) is 1. The lowest BCUT2D eigenvalue weighted by atomic mass is 10.1. The molecule has 0 aromatic heterocycles. The van der Waals surface area contributed by atoms with E-state index in [1.54, 1.807) is 24.3 Å². The summed E-state index contributed by atoms with van der Waals surface area (Å²) < 4.78 is 66.5. The Bertz CT molecular complexity index is 1210. The number of carbonyl (C=O) groups excluding carboxylic acids is 2. The third-order valence-electron chi connectivity index (χ3n) is 5.18. The van der Waals surface area contributed by atoms with E-state index in [1.807, 2.05) is 6.92 Å². The Morgan fingerprint density at radius 3 is 2.39 bits per heavy atom. The number of alkyl halides is 3. The molecular formula is C23H26BrClF3N3O4S. The third-order valence-corrected chi connectivity index (χ3v) is 7.14. The quantitative estimate of drug-likeness (QED) is 0.417. The predicted molar refractivity (Wildman–Crippen MR) is 136 cm³/mol. The van der Waals surface area contributed by atoms with Crippen molar-refractivity contribution >= 4 is 55.1 Å². The summed E-state index contributed by atoms with van der Waals surface area (Å²) in [4.78, 5) is 27.3. The number of sulfonamides is 1. The van der Waals surface area contributed by atoms with E-state index in [0.717, 1.165) is 22.9 Å². The molecule has 1 unspecified atom stereocenters. The van der Waals surface area contributed by atoms with Crippen molar-refractivity contribution in [2.24, 2.45) is 0 Å². The van der Waals surface area contributed by atoms with E-state index in [9.17, 15) is 31.2 Å². The van der Waals surface area contributed by atoms with Crippen LogP contribution in [0.4, 0.5) is 18.9 Å². The van der Waals surface area contributed by atoms with Gasteiger partial charge in [-0.15, -0.1) is 0 Å². The van der Waals surface area contributed by atoms with Crippen molar-refractivity contribution in [1.29, 1.82) is 0 Å². The van der Waals surface area contributed by atoms with Gasteiger partial charge in [-0.1, -0.05) is 46.6 Å². The first-order chi connectivity index (χ1) is 16.6. The number of hydrogen-bond acceptors (Lipinski definition) is 4. The lowest BCUT2D eigenvalue weighted by Gasteiger charge is -2.31. The summed E-state index contributed by atoms with van der Waals surface area (Å²) in [6.07, 6.45) is -3.39. The van der Waals surface area contributed by atoms with Gasteiger partial charge in [0.15, 0.2) is 0 Å². The van der Waals surface area contributed by atoms with Crippen molar-refractivity contribution in [1.82, 2.24) is 10.2 Å². The van der Waals surface area contributed by atoms with E-state index >= 15 is 0 Å². The molecule has 0 aliphatic heterocycles. The number of carbonyl (C=O) groups is 2. The van der Waals surface area contributed by atoms with Crippen LogP contribution < -0.4 is 9.62 Å². The third kappa shape index (κ3) is 8.10. The minimum Gasteiger partial charge on any atom is -0.354 e. The van der Waals surface area contributed by atoms with Crippen LogP contribution >= 0.6 is 27.5 Å². The number of halogens is 5. The number of amides is 2. The lowest BCUT2D eigenvalue weighted by molar-refractivity contribution is -0.139. The fourth-order valence-electron chi connectivity index (χ4n) is 3.31. The Morgan fingerprint density at radius 1 is 1.17 bits per heavy atom. The van der Waals surface area contributed by atoms with E-state index in [2.05, 4.69) is 21.2 Å². The van der Waals surface area contributed by atoms with Gasteiger partial charge in [0.25, 0.3) is 0 Å². The van der Waals surface area contributed by atoms with Crippen LogP contribution in [-0.2, 0) is 32.3 Å². The van der Waals surface area contributed by atoms with Crippen molar-refractivity contribution in [3.63, 3.8) is 0 Å². The summed E-state index contributed by atoms with van der Waals surface area (Å²) >= 11 is 9.01. The van der Waals surface area contributed by atoms with E-state index in [0.29, 0.717) is 28.9 Å². The van der Waals surface area contributed by atoms with Crippen LogP contribution in [0, 0.1) is 0 Å². The summed E-state index contributed by atoms with van der Waals surface area (Å²) in [6, 6.07) is 8.57. The maximum absolute atomic E-state index is 13.4. The average molecular weight is 613 g/mol. The van der Waals surface area contributed by atoms with Gasteiger partial charge in [0.05, 0.1) is 22.5 Å². The highest BCUT2D eigenvalue weighted by Gasteiger charge is 2.35. The van der Waals surface area contributed by atoms with Crippen LogP contribution in [0.5, 0.6) is 0 Å². The van der Waals surface area contributed by atoms with Crippen molar-refractivity contribution < 1.29 is 31.2 Å². The first-order valence-electron chi connectivity index (χ1n) is 10.8. The molecule has 0 saturated heterocycles. The molecule has 0 aliphatic rings. The minimum absolute atomic E-state index is 0.0367. The van der Waals surface area contributed by atoms with Gasteiger partial charge in [0.1, 0.15) is 12.6 Å². The van der Waals surface area contributed by atoms with Crippen LogP contribution in [0.3, 0.4) is 0 Å². The number of benzene rings is 2. The molecule has 1 N–H and O–H groups in total. The standard InChI is InChI=1S/C23H26BrClF3N3O4S/c1-4-10-29-22(33)15(2)30(13-16-6-5-7-17(24)11-16)21(32)14-31(36(3,34)35)18-8-9-20(25)19(12-18)23(26,27)28/h5-9,11-12,15H,4,10,13-14H2,1-3H3,(H,29,33). The van der Waals surface area contributed by atoms with Gasteiger partial charge in [0.2, 0.25) is 21.8 Å². The second kappa shape index (κ2) is 12.3. The summed E-state index contributed by atoms with van der Waals surface area (Å²) in [7, 11) is -4.19. The van der Waals surface area contributed by atoms with Crippen molar-refractivity contribution in [3.8, 4) is 0 Å². The fourth-order valence-corrected chi connectivity index (χ4v) is 4.82. The molecule has 0 spiro atoms. The van der Waals surface area contributed by atoms with Crippen LogP contribution in [0.2, 0.25) is 5.02 Å². The zero-order chi connectivity index (χ0) is 27.3. The number of nitrogens with zero attached hydrogens (tertiary/aromatic N) is 2. The van der Waals surface area contributed by atoms with Crippen LogP contribution in [-0.4, -0.2) is 50.5 Å². The van der Waals surface area contributed by atoms with Crippen molar-refractivity contribution in [2.75, 3.05) is 23.7 Å². The van der Waals surface area contributed by atoms with Crippen LogP contribution in [0.1, 0.15) is 31.4 Å². The SMILES string of the molecule is CCCNC(=O)C(C)N(Cc1cccc(Br)c1)C(=O)CN(c1ccc(Cl)c(C(F)(F)F)c1)S(C)(=O)=O. The first-order valence-corrected chi connectivity index (χ1v) is 13.8. The molecule has 0 bridgehead atoms. The lowest BCUT2D eigenvalue weighted by Crippen LogP contribution is -2.51. The number of rotatable bonds is 10. The summed E-state index contributed by atoms with van der Waals surface area (Å²) in [5, 5.41) is 2.09. The molecule has 13 heteroatoms. The molecule has 2 aromatic rings. The van der Waals surface area contributed by atoms with Crippen molar-refractivity contribution in [3.05, 3.63) is 63.1 Å². The number of anilines is 1. The number of hydrogen-bond donors (Lipinski definition) is 1. The highest BCUT2D eigenvalue weighted by Crippen LogP contribution is 2.37. The molecule has 0 saturated carbocycles. The highest BCUT2D eigenvalue weighted by atomic mass is 79.9. The summed E-state index contributed by atoms with van der Waals surface area (Å²) in [6.45, 7) is 2.88. The fraction of sp³-hybridized carbons (Fsp3) is 0.391. The minimum atomic E-state index is -4.83. The van der Waals surface area contributed by atoms with E-state index in [-0.39, 0.29) is 12.2 Å². The van der Waals surface area contributed by atoms with Gasteiger partial charge in [-0.3, -0.25) is 13.9 Å². The second-order valence-corrected chi connectivity index (χ2v) is 11.3. The Hall–Kier alpha value is -2.31. The zero-order valence-corrected chi connectivity index (χ0v) is 22.9. The summed E-state index contributed by atoms with van der Waals surface area (Å²) in [5.41, 5.74) is -0.959. The Labute approximate surface area is 221 Å². The van der Waals surface area contributed by atoms with E-state index < -0.39 is 51.2 Å². The van der Waals surface area contributed by atoms with Gasteiger partial charge < -0.3 is 10.2 Å². The van der Waals surface area contributed by atoms with Gasteiger partial charge in [-0.25, -0.2) is 8.42 Å². The van der Waals surface area contributed by atoms with Gasteiger partial charge in [0, 0.05) is 17.6 Å². The normalized spacial score (nSPS) is 12.7. The maximum Gasteiger partial charge on any atom is 0.417 e. The second-order valence-electron chi connectivity index (χ2n) is 8.05. The largest absolute Gasteiger partial charge is 0.417 e. The molecule has 2 amide bonds. The highest BCUT2D eigenvalue weighted by molar-refractivity contribution is 9.10.